The molecule has 1 aromatic heterocycles. The number of amides is 1. The first-order valence-corrected chi connectivity index (χ1v) is 12.0. The highest BCUT2D eigenvalue weighted by Gasteiger charge is 2.12. The van der Waals surface area contributed by atoms with Crippen molar-refractivity contribution in [3.8, 4) is 16.9 Å². The molecule has 0 bridgehead atoms. The van der Waals surface area contributed by atoms with E-state index in [1.54, 1.807) is 6.07 Å². The lowest BCUT2D eigenvalue weighted by Crippen LogP contribution is -2.25. The number of nitrogens with one attached hydrogen (secondary N) is 1. The molecule has 0 aliphatic heterocycles. The average molecular weight is 466 g/mol. The molecule has 3 aromatic rings. The Morgan fingerprint density at radius 1 is 1.06 bits per heavy atom. The summed E-state index contributed by atoms with van der Waals surface area (Å²) in [6.07, 6.45) is 1.76. The summed E-state index contributed by atoms with van der Waals surface area (Å²) in [7, 11) is 0. The van der Waals surface area contributed by atoms with Crippen molar-refractivity contribution in [1.29, 1.82) is 0 Å². The van der Waals surface area contributed by atoms with Gasteiger partial charge in [0, 0.05) is 11.4 Å². The molecule has 174 valence electrons. The summed E-state index contributed by atoms with van der Waals surface area (Å²) in [5.74, 6) is 0.131. The Labute approximate surface area is 199 Å². The number of ether oxygens (including phenoxy) is 1. The SMILES string of the molecule is Cc1cc(OCC(C)CCc2ccc(C(=O)NCCC(=O)O)s2)cc(C)c1-c1ccccc1. The summed E-state index contributed by atoms with van der Waals surface area (Å²) in [5.41, 5.74) is 4.89. The number of thiophene rings is 1. The second-order valence-electron chi connectivity index (χ2n) is 8.42. The lowest BCUT2D eigenvalue weighted by atomic mass is 9.95. The highest BCUT2D eigenvalue weighted by atomic mass is 32.1. The molecule has 2 N–H and O–H groups in total. The number of carboxylic acids is 1. The van der Waals surface area contributed by atoms with Crippen LogP contribution in [0, 0.1) is 19.8 Å². The normalized spacial score (nSPS) is 11.7. The molecular formula is C27H31NO4S. The number of carbonyl (C=O) groups excluding carboxylic acids is 1. The number of carboxylic acid groups (broad SMARTS) is 1. The Kier molecular flexibility index (Phi) is 8.66. The first-order chi connectivity index (χ1) is 15.8. The van der Waals surface area contributed by atoms with Crippen molar-refractivity contribution in [1.82, 2.24) is 5.32 Å². The molecule has 1 heterocycles. The maximum absolute atomic E-state index is 12.1. The molecular weight excluding hydrogens is 434 g/mol. The minimum atomic E-state index is -0.921. The lowest BCUT2D eigenvalue weighted by Gasteiger charge is -2.16. The fourth-order valence-electron chi connectivity index (χ4n) is 3.78. The summed E-state index contributed by atoms with van der Waals surface area (Å²) in [4.78, 5) is 24.4. The van der Waals surface area contributed by atoms with Crippen LogP contribution in [0.2, 0.25) is 0 Å². The van der Waals surface area contributed by atoms with E-state index in [9.17, 15) is 9.59 Å². The van der Waals surface area contributed by atoms with Crippen LogP contribution in [0.1, 0.15) is 45.4 Å². The van der Waals surface area contributed by atoms with E-state index in [0.29, 0.717) is 17.4 Å². The van der Waals surface area contributed by atoms with Gasteiger partial charge in [0.1, 0.15) is 5.75 Å². The van der Waals surface area contributed by atoms with Crippen LogP contribution in [0.25, 0.3) is 11.1 Å². The van der Waals surface area contributed by atoms with Crippen molar-refractivity contribution in [2.75, 3.05) is 13.2 Å². The maximum Gasteiger partial charge on any atom is 0.305 e. The Hall–Kier alpha value is -3.12. The standard InChI is InChI=1S/C27H31NO4S/c1-18(9-10-23-11-12-24(33-23)27(31)28-14-13-25(29)30)17-32-22-15-19(2)26(20(3)16-22)21-7-5-4-6-8-21/h4-8,11-12,15-16,18H,9-10,13-14,17H2,1-3H3,(H,28,31)(H,29,30). The van der Waals surface area contributed by atoms with Crippen LogP contribution in [0.4, 0.5) is 0 Å². The third kappa shape index (κ3) is 7.19. The van der Waals surface area contributed by atoms with Crippen molar-refractivity contribution >= 4 is 23.2 Å². The summed E-state index contributed by atoms with van der Waals surface area (Å²) >= 11 is 1.46. The van der Waals surface area contributed by atoms with E-state index in [4.69, 9.17) is 9.84 Å². The van der Waals surface area contributed by atoms with Gasteiger partial charge in [0.15, 0.2) is 0 Å². The zero-order chi connectivity index (χ0) is 23.8. The van der Waals surface area contributed by atoms with Gasteiger partial charge in [-0.1, -0.05) is 37.3 Å². The summed E-state index contributed by atoms with van der Waals surface area (Å²) in [6.45, 7) is 7.19. The van der Waals surface area contributed by atoms with Crippen LogP contribution in [0.3, 0.4) is 0 Å². The van der Waals surface area contributed by atoms with Gasteiger partial charge in [-0.05, 0) is 79.1 Å². The Morgan fingerprint density at radius 3 is 2.42 bits per heavy atom. The molecule has 33 heavy (non-hydrogen) atoms. The number of carbonyl (C=O) groups is 2. The van der Waals surface area contributed by atoms with Crippen LogP contribution >= 0.6 is 11.3 Å². The number of benzene rings is 2. The first kappa shape index (κ1) is 24.5. The number of hydrogen-bond donors (Lipinski definition) is 2. The van der Waals surface area contributed by atoms with Crippen LogP contribution in [0.5, 0.6) is 5.75 Å². The largest absolute Gasteiger partial charge is 0.493 e. The van der Waals surface area contributed by atoms with Crippen LogP contribution < -0.4 is 10.1 Å². The van der Waals surface area contributed by atoms with Crippen molar-refractivity contribution in [3.05, 3.63) is 75.5 Å². The third-order valence-corrected chi connectivity index (χ3v) is 6.64. The van der Waals surface area contributed by atoms with Crippen molar-refractivity contribution in [3.63, 3.8) is 0 Å². The lowest BCUT2D eigenvalue weighted by molar-refractivity contribution is -0.136. The van der Waals surface area contributed by atoms with E-state index in [-0.39, 0.29) is 18.9 Å². The van der Waals surface area contributed by atoms with Crippen molar-refractivity contribution < 1.29 is 19.4 Å². The Bertz CT molecular complexity index is 1070. The molecule has 0 saturated heterocycles. The van der Waals surface area contributed by atoms with Gasteiger partial charge < -0.3 is 15.2 Å². The fraction of sp³-hybridized carbons (Fsp3) is 0.333. The van der Waals surface area contributed by atoms with Gasteiger partial charge in [0.05, 0.1) is 17.9 Å². The van der Waals surface area contributed by atoms with E-state index in [1.807, 2.05) is 12.1 Å². The summed E-state index contributed by atoms with van der Waals surface area (Å²) in [6, 6.07) is 18.4. The number of aryl methyl sites for hydroxylation is 3. The van der Waals surface area contributed by atoms with E-state index in [2.05, 4.69) is 62.5 Å². The van der Waals surface area contributed by atoms with Gasteiger partial charge in [-0.15, -0.1) is 11.3 Å². The van der Waals surface area contributed by atoms with Crippen LogP contribution in [-0.2, 0) is 11.2 Å². The molecule has 6 heteroatoms. The second-order valence-corrected chi connectivity index (χ2v) is 9.59. The average Bonchev–Trinajstić information content (AvgIpc) is 3.25. The Morgan fingerprint density at radius 2 is 1.76 bits per heavy atom. The molecule has 1 unspecified atom stereocenters. The smallest absolute Gasteiger partial charge is 0.305 e. The molecule has 3 rings (SSSR count). The van der Waals surface area contributed by atoms with Crippen LogP contribution in [0.15, 0.2) is 54.6 Å². The number of rotatable bonds is 11. The van der Waals surface area contributed by atoms with Gasteiger partial charge >= 0.3 is 5.97 Å². The van der Waals surface area contributed by atoms with E-state index in [0.717, 1.165) is 23.5 Å². The predicted molar refractivity (Wildman–Crippen MR) is 133 cm³/mol. The minimum absolute atomic E-state index is 0.0739. The molecule has 1 amide bonds. The molecule has 5 nitrogen and oxygen atoms in total. The maximum atomic E-state index is 12.1. The molecule has 1 atom stereocenters. The van der Waals surface area contributed by atoms with Gasteiger partial charge in [-0.2, -0.15) is 0 Å². The van der Waals surface area contributed by atoms with Gasteiger partial charge in [0.25, 0.3) is 5.91 Å². The molecule has 0 fully saturated rings. The fourth-order valence-corrected chi connectivity index (χ4v) is 4.72. The second kappa shape index (κ2) is 11.7. The molecule has 0 aliphatic carbocycles. The van der Waals surface area contributed by atoms with Crippen molar-refractivity contribution in [2.45, 2.75) is 40.0 Å². The highest BCUT2D eigenvalue weighted by molar-refractivity contribution is 7.14. The van der Waals surface area contributed by atoms with Gasteiger partial charge in [-0.25, -0.2) is 0 Å². The first-order valence-electron chi connectivity index (χ1n) is 11.2. The van der Waals surface area contributed by atoms with Crippen LogP contribution in [-0.4, -0.2) is 30.1 Å². The van der Waals surface area contributed by atoms with Gasteiger partial charge in [0.2, 0.25) is 0 Å². The van der Waals surface area contributed by atoms with Gasteiger partial charge in [-0.3, -0.25) is 9.59 Å². The minimum Gasteiger partial charge on any atom is -0.493 e. The van der Waals surface area contributed by atoms with E-state index in [1.165, 1.54) is 33.6 Å². The Balaban J connectivity index is 1.48. The topological polar surface area (TPSA) is 75.6 Å². The molecule has 0 spiro atoms. The van der Waals surface area contributed by atoms with E-state index < -0.39 is 5.97 Å². The zero-order valence-corrected chi connectivity index (χ0v) is 20.2. The van der Waals surface area contributed by atoms with E-state index >= 15 is 0 Å². The highest BCUT2D eigenvalue weighted by Crippen LogP contribution is 2.31. The molecule has 0 radical (unpaired) electrons. The van der Waals surface area contributed by atoms with Crippen molar-refractivity contribution in [2.24, 2.45) is 5.92 Å². The number of hydrogen-bond acceptors (Lipinski definition) is 4. The third-order valence-electron chi connectivity index (χ3n) is 5.50. The zero-order valence-electron chi connectivity index (χ0n) is 19.4. The number of aliphatic carboxylic acids is 1. The molecule has 0 saturated carbocycles. The quantitative estimate of drug-likeness (QED) is 0.371. The monoisotopic (exact) mass is 465 g/mol. The molecule has 0 aliphatic rings. The molecule has 2 aromatic carbocycles. The summed E-state index contributed by atoms with van der Waals surface area (Å²) < 4.78 is 6.11. The predicted octanol–water partition coefficient (Wildman–Crippen LogP) is 5.88. The summed E-state index contributed by atoms with van der Waals surface area (Å²) in [5, 5.41) is 11.3.